The topological polar surface area (TPSA) is 58.6 Å². The van der Waals surface area contributed by atoms with Gasteiger partial charge in [-0.1, -0.05) is 23.7 Å². The second-order valence-corrected chi connectivity index (χ2v) is 5.57. The first-order chi connectivity index (χ1) is 10.5. The Labute approximate surface area is 134 Å². The van der Waals surface area contributed by atoms with Crippen molar-refractivity contribution in [2.24, 2.45) is 0 Å². The molecule has 0 aliphatic carbocycles. The highest BCUT2D eigenvalue weighted by Gasteiger charge is 2.08. The van der Waals surface area contributed by atoms with Gasteiger partial charge in [-0.15, -0.1) is 0 Å². The molecule has 0 aliphatic heterocycles. The summed E-state index contributed by atoms with van der Waals surface area (Å²) in [4.78, 5) is 10.9. The van der Waals surface area contributed by atoms with Crippen LogP contribution in [0.5, 0.6) is 5.75 Å². The van der Waals surface area contributed by atoms with Crippen LogP contribution >= 0.6 is 11.6 Å². The highest BCUT2D eigenvalue weighted by molar-refractivity contribution is 6.33. The second-order valence-electron chi connectivity index (χ2n) is 5.16. The van der Waals surface area contributed by atoms with Crippen LogP contribution in [-0.2, 0) is 6.54 Å². The molecule has 0 radical (unpaired) electrons. The SMILES string of the molecule is CC(C)Oc1ccc(CNc2ccc(C(=O)O)c(Cl)c2)cc1. The van der Waals surface area contributed by atoms with Gasteiger partial charge in [-0.05, 0) is 49.7 Å². The number of halogens is 1. The van der Waals surface area contributed by atoms with Crippen LogP contribution < -0.4 is 10.1 Å². The Kier molecular flexibility index (Phi) is 5.28. The van der Waals surface area contributed by atoms with E-state index in [0.29, 0.717) is 6.54 Å². The summed E-state index contributed by atoms with van der Waals surface area (Å²) in [6.45, 7) is 4.59. The number of ether oxygens (including phenoxy) is 1. The second kappa shape index (κ2) is 7.18. The minimum atomic E-state index is -1.03. The van der Waals surface area contributed by atoms with Crippen molar-refractivity contribution < 1.29 is 14.6 Å². The number of rotatable bonds is 6. The van der Waals surface area contributed by atoms with Crippen LogP contribution in [0.2, 0.25) is 5.02 Å². The number of carbonyl (C=O) groups is 1. The Morgan fingerprint density at radius 1 is 1.23 bits per heavy atom. The van der Waals surface area contributed by atoms with Crippen LogP contribution in [0.1, 0.15) is 29.8 Å². The first-order valence-corrected chi connectivity index (χ1v) is 7.36. The lowest BCUT2D eigenvalue weighted by Gasteiger charge is -2.11. The summed E-state index contributed by atoms with van der Waals surface area (Å²) < 4.78 is 5.59. The molecule has 0 spiro atoms. The third-order valence-electron chi connectivity index (χ3n) is 2.99. The molecule has 22 heavy (non-hydrogen) atoms. The number of carboxylic acids is 1. The van der Waals surface area contributed by atoms with E-state index in [1.54, 1.807) is 12.1 Å². The van der Waals surface area contributed by atoms with Crippen molar-refractivity contribution >= 4 is 23.3 Å². The van der Waals surface area contributed by atoms with E-state index in [9.17, 15) is 4.79 Å². The molecule has 5 heteroatoms. The molecule has 0 saturated carbocycles. The maximum atomic E-state index is 10.9. The van der Waals surface area contributed by atoms with Gasteiger partial charge in [0, 0.05) is 12.2 Å². The Morgan fingerprint density at radius 2 is 1.91 bits per heavy atom. The van der Waals surface area contributed by atoms with Crippen LogP contribution in [0, 0.1) is 0 Å². The molecule has 0 heterocycles. The maximum absolute atomic E-state index is 10.9. The third kappa shape index (κ3) is 4.40. The molecular formula is C17H18ClNO3. The number of aromatic carboxylic acids is 1. The van der Waals surface area contributed by atoms with Gasteiger partial charge in [-0.3, -0.25) is 0 Å². The number of hydrogen-bond donors (Lipinski definition) is 2. The summed E-state index contributed by atoms with van der Waals surface area (Å²) in [7, 11) is 0. The van der Waals surface area contributed by atoms with E-state index in [-0.39, 0.29) is 16.7 Å². The van der Waals surface area contributed by atoms with Gasteiger partial charge in [0.2, 0.25) is 0 Å². The zero-order chi connectivity index (χ0) is 16.1. The quantitative estimate of drug-likeness (QED) is 0.826. The molecule has 0 aliphatic rings. The molecule has 2 N–H and O–H groups in total. The molecule has 0 unspecified atom stereocenters. The van der Waals surface area contributed by atoms with Gasteiger partial charge in [0.05, 0.1) is 16.7 Å². The molecule has 0 atom stereocenters. The van der Waals surface area contributed by atoms with Gasteiger partial charge in [0.1, 0.15) is 5.75 Å². The molecule has 0 fully saturated rings. The zero-order valence-electron chi connectivity index (χ0n) is 12.5. The summed E-state index contributed by atoms with van der Waals surface area (Å²) in [6, 6.07) is 12.6. The molecule has 0 saturated heterocycles. The van der Waals surface area contributed by atoms with Gasteiger partial charge in [0.25, 0.3) is 0 Å². The molecule has 0 bridgehead atoms. The van der Waals surface area contributed by atoms with Gasteiger partial charge in [0.15, 0.2) is 0 Å². The van der Waals surface area contributed by atoms with Gasteiger partial charge in [-0.2, -0.15) is 0 Å². The Hall–Kier alpha value is -2.20. The average Bonchev–Trinajstić information content (AvgIpc) is 2.45. The molecule has 0 aromatic heterocycles. The summed E-state index contributed by atoms with van der Waals surface area (Å²) in [5, 5.41) is 12.4. The summed E-state index contributed by atoms with van der Waals surface area (Å²) in [5.41, 5.74) is 1.97. The first-order valence-electron chi connectivity index (χ1n) is 6.98. The number of anilines is 1. The van der Waals surface area contributed by atoms with Crippen molar-refractivity contribution in [2.45, 2.75) is 26.5 Å². The molecular weight excluding hydrogens is 302 g/mol. The number of nitrogens with one attached hydrogen (secondary N) is 1. The molecule has 2 aromatic carbocycles. The lowest BCUT2D eigenvalue weighted by Crippen LogP contribution is -2.05. The Bertz CT molecular complexity index is 653. The molecule has 2 rings (SSSR count). The molecule has 116 valence electrons. The fourth-order valence-corrected chi connectivity index (χ4v) is 2.22. The van der Waals surface area contributed by atoms with Crippen LogP contribution in [0.3, 0.4) is 0 Å². The van der Waals surface area contributed by atoms with Crippen molar-refractivity contribution in [1.29, 1.82) is 0 Å². The maximum Gasteiger partial charge on any atom is 0.337 e. The predicted octanol–water partition coefficient (Wildman–Crippen LogP) is 4.44. The Balaban J connectivity index is 1.98. The summed E-state index contributed by atoms with van der Waals surface area (Å²) >= 11 is 5.94. The van der Waals surface area contributed by atoms with E-state index in [2.05, 4.69) is 5.32 Å². The van der Waals surface area contributed by atoms with E-state index in [1.165, 1.54) is 6.07 Å². The minimum Gasteiger partial charge on any atom is -0.491 e. The summed E-state index contributed by atoms with van der Waals surface area (Å²) in [6.07, 6.45) is 0.152. The number of carboxylic acid groups (broad SMARTS) is 1. The Morgan fingerprint density at radius 3 is 2.45 bits per heavy atom. The minimum absolute atomic E-state index is 0.0994. The van der Waals surface area contributed by atoms with E-state index < -0.39 is 5.97 Å². The lowest BCUT2D eigenvalue weighted by atomic mass is 10.2. The van der Waals surface area contributed by atoms with Crippen molar-refractivity contribution in [3.63, 3.8) is 0 Å². The normalized spacial score (nSPS) is 10.5. The van der Waals surface area contributed by atoms with Gasteiger partial charge >= 0.3 is 5.97 Å². The first kappa shape index (κ1) is 16.2. The van der Waals surface area contributed by atoms with Crippen LogP contribution in [-0.4, -0.2) is 17.2 Å². The highest BCUT2D eigenvalue weighted by Crippen LogP contribution is 2.22. The predicted molar refractivity (Wildman–Crippen MR) is 87.9 cm³/mol. The number of benzene rings is 2. The van der Waals surface area contributed by atoms with E-state index in [1.807, 2.05) is 38.1 Å². The van der Waals surface area contributed by atoms with Crippen LogP contribution in [0.15, 0.2) is 42.5 Å². The molecule has 2 aromatic rings. The average molecular weight is 320 g/mol. The van der Waals surface area contributed by atoms with Crippen molar-refractivity contribution in [3.8, 4) is 5.75 Å². The molecule has 0 amide bonds. The highest BCUT2D eigenvalue weighted by atomic mass is 35.5. The van der Waals surface area contributed by atoms with Crippen LogP contribution in [0.25, 0.3) is 0 Å². The summed E-state index contributed by atoms with van der Waals surface area (Å²) in [5.74, 6) is -0.190. The van der Waals surface area contributed by atoms with Crippen molar-refractivity contribution in [2.75, 3.05) is 5.32 Å². The fourth-order valence-electron chi connectivity index (χ4n) is 1.96. The van der Waals surface area contributed by atoms with Crippen molar-refractivity contribution in [1.82, 2.24) is 0 Å². The van der Waals surface area contributed by atoms with Gasteiger partial charge < -0.3 is 15.2 Å². The smallest absolute Gasteiger partial charge is 0.337 e. The lowest BCUT2D eigenvalue weighted by molar-refractivity contribution is 0.0697. The van der Waals surface area contributed by atoms with E-state index >= 15 is 0 Å². The third-order valence-corrected chi connectivity index (χ3v) is 3.30. The number of hydrogen-bond acceptors (Lipinski definition) is 3. The van der Waals surface area contributed by atoms with E-state index in [4.69, 9.17) is 21.4 Å². The van der Waals surface area contributed by atoms with Crippen molar-refractivity contribution in [3.05, 3.63) is 58.6 Å². The largest absolute Gasteiger partial charge is 0.491 e. The monoisotopic (exact) mass is 319 g/mol. The fraction of sp³-hybridized carbons (Fsp3) is 0.235. The van der Waals surface area contributed by atoms with E-state index in [0.717, 1.165) is 17.0 Å². The standard InChI is InChI=1S/C17H18ClNO3/c1-11(2)22-14-6-3-12(4-7-14)10-19-13-5-8-15(17(20)21)16(18)9-13/h3-9,11,19H,10H2,1-2H3,(H,20,21). The molecule has 4 nitrogen and oxygen atoms in total. The van der Waals surface area contributed by atoms with Crippen LogP contribution in [0.4, 0.5) is 5.69 Å². The zero-order valence-corrected chi connectivity index (χ0v) is 13.2. The van der Waals surface area contributed by atoms with Gasteiger partial charge in [-0.25, -0.2) is 4.79 Å².